The monoisotopic (exact) mass is 405 g/mol. The third-order valence-electron chi connectivity index (χ3n) is 6.37. The first kappa shape index (κ1) is 20.8. The zero-order chi connectivity index (χ0) is 20.9. The van der Waals surface area contributed by atoms with Crippen LogP contribution in [0, 0.1) is 11.8 Å². The fourth-order valence-electron chi connectivity index (χ4n) is 4.37. The van der Waals surface area contributed by atoms with Crippen LogP contribution in [0.1, 0.15) is 54.2 Å². The lowest BCUT2D eigenvalue weighted by Gasteiger charge is -2.36. The van der Waals surface area contributed by atoms with E-state index in [0.29, 0.717) is 18.0 Å². The molecule has 2 saturated carbocycles. The quantitative estimate of drug-likeness (QED) is 0.554. The van der Waals surface area contributed by atoms with E-state index in [0.717, 1.165) is 31.0 Å². The maximum atomic E-state index is 10.9. The molecule has 2 aliphatic carbocycles. The standard InChI is InChI=1S/C25H31N3O2/c1-2-20(10-17-6-4-3-5-7-17)22-13-24(22)28-16-19-11-21(12-19)26-14-18-8-9-23(25(29)30)27-15-18/h3-10,15,19,21-22,24,26,28H,2,11-14,16H2,1H3,(H,29,30)/t19?,21?,22?,24-/m0/s1. The van der Waals surface area contributed by atoms with Gasteiger partial charge >= 0.3 is 5.97 Å². The zero-order valence-electron chi connectivity index (χ0n) is 17.6. The van der Waals surface area contributed by atoms with Crippen molar-refractivity contribution in [2.45, 2.75) is 51.2 Å². The molecule has 2 fully saturated rings. The fraction of sp³-hybridized carbons (Fsp3) is 0.440. The summed E-state index contributed by atoms with van der Waals surface area (Å²) >= 11 is 0. The Balaban J connectivity index is 1.14. The van der Waals surface area contributed by atoms with E-state index in [4.69, 9.17) is 5.11 Å². The van der Waals surface area contributed by atoms with E-state index >= 15 is 0 Å². The molecule has 3 N–H and O–H groups in total. The van der Waals surface area contributed by atoms with Gasteiger partial charge in [-0.1, -0.05) is 55.0 Å². The Morgan fingerprint density at radius 3 is 2.60 bits per heavy atom. The Labute approximate surface area is 178 Å². The van der Waals surface area contributed by atoms with E-state index in [-0.39, 0.29) is 5.69 Å². The molecule has 158 valence electrons. The van der Waals surface area contributed by atoms with Crippen LogP contribution in [-0.2, 0) is 6.54 Å². The number of nitrogens with zero attached hydrogens (tertiary/aromatic N) is 1. The highest BCUT2D eigenvalue weighted by molar-refractivity contribution is 5.85. The van der Waals surface area contributed by atoms with E-state index < -0.39 is 5.97 Å². The van der Waals surface area contributed by atoms with Crippen LogP contribution in [0.4, 0.5) is 0 Å². The summed E-state index contributed by atoms with van der Waals surface area (Å²) in [6, 6.07) is 15.2. The van der Waals surface area contributed by atoms with E-state index in [1.165, 1.54) is 24.8 Å². The van der Waals surface area contributed by atoms with Gasteiger partial charge in [-0.25, -0.2) is 9.78 Å². The molecule has 1 heterocycles. The molecule has 1 unspecified atom stereocenters. The highest BCUT2D eigenvalue weighted by atomic mass is 16.4. The van der Waals surface area contributed by atoms with Gasteiger partial charge in [-0.3, -0.25) is 0 Å². The van der Waals surface area contributed by atoms with Crippen LogP contribution in [-0.4, -0.2) is 34.7 Å². The van der Waals surface area contributed by atoms with Crippen LogP contribution >= 0.6 is 0 Å². The van der Waals surface area contributed by atoms with Crippen LogP contribution in [0.3, 0.4) is 0 Å². The number of hydrogen-bond donors (Lipinski definition) is 3. The number of aromatic nitrogens is 1. The third-order valence-corrected chi connectivity index (χ3v) is 6.37. The third kappa shape index (κ3) is 5.35. The second kappa shape index (κ2) is 9.54. The smallest absolute Gasteiger partial charge is 0.354 e. The molecule has 2 aromatic rings. The molecule has 5 heteroatoms. The Bertz CT molecular complexity index is 873. The number of hydrogen-bond acceptors (Lipinski definition) is 4. The summed E-state index contributed by atoms with van der Waals surface area (Å²) in [6.45, 7) is 4.11. The van der Waals surface area contributed by atoms with Crippen LogP contribution in [0.15, 0.2) is 54.2 Å². The Morgan fingerprint density at radius 1 is 1.13 bits per heavy atom. The van der Waals surface area contributed by atoms with E-state index in [1.54, 1.807) is 17.8 Å². The SMILES string of the molecule is CCC(=Cc1ccccc1)C1C[C@@H]1NCC1CC(NCc2ccc(C(=O)O)nc2)C1. The van der Waals surface area contributed by atoms with Crippen molar-refractivity contribution in [3.63, 3.8) is 0 Å². The molecular formula is C25H31N3O2. The molecule has 2 atom stereocenters. The molecule has 2 aliphatic rings. The number of benzene rings is 1. The second-order valence-corrected chi connectivity index (χ2v) is 8.61. The van der Waals surface area contributed by atoms with Crippen LogP contribution in [0.5, 0.6) is 0 Å². The van der Waals surface area contributed by atoms with Gasteiger partial charge in [0.25, 0.3) is 0 Å². The lowest BCUT2D eigenvalue weighted by molar-refractivity contribution is 0.0690. The van der Waals surface area contributed by atoms with Crippen LogP contribution < -0.4 is 10.6 Å². The number of carboxylic acid groups (broad SMARTS) is 1. The highest BCUT2D eigenvalue weighted by Gasteiger charge is 2.39. The summed E-state index contributed by atoms with van der Waals surface area (Å²) in [4.78, 5) is 14.8. The highest BCUT2D eigenvalue weighted by Crippen LogP contribution is 2.40. The Kier molecular flexibility index (Phi) is 6.60. The average Bonchev–Trinajstić information content (AvgIpc) is 3.51. The number of pyridine rings is 1. The van der Waals surface area contributed by atoms with Crippen molar-refractivity contribution >= 4 is 12.0 Å². The molecular weight excluding hydrogens is 374 g/mol. The van der Waals surface area contributed by atoms with E-state index in [1.807, 2.05) is 6.07 Å². The number of rotatable bonds is 10. The van der Waals surface area contributed by atoms with Gasteiger partial charge in [-0.15, -0.1) is 0 Å². The second-order valence-electron chi connectivity index (χ2n) is 8.61. The maximum Gasteiger partial charge on any atom is 0.354 e. The van der Waals surface area contributed by atoms with E-state index in [2.05, 4.69) is 58.9 Å². The van der Waals surface area contributed by atoms with Crippen molar-refractivity contribution in [3.8, 4) is 0 Å². The van der Waals surface area contributed by atoms with Crippen molar-refractivity contribution in [2.75, 3.05) is 6.54 Å². The molecule has 0 spiro atoms. The van der Waals surface area contributed by atoms with Gasteiger partial charge < -0.3 is 15.7 Å². The molecule has 0 saturated heterocycles. The fourth-order valence-corrected chi connectivity index (χ4v) is 4.37. The number of nitrogens with one attached hydrogen (secondary N) is 2. The van der Waals surface area contributed by atoms with Crippen molar-refractivity contribution in [2.24, 2.45) is 11.8 Å². The summed E-state index contributed by atoms with van der Waals surface area (Å²) in [6.07, 6.45) is 8.80. The normalized spacial score (nSPS) is 25.6. The van der Waals surface area contributed by atoms with Crippen molar-refractivity contribution in [1.29, 1.82) is 0 Å². The first-order valence-corrected chi connectivity index (χ1v) is 11.0. The number of carbonyl (C=O) groups is 1. The lowest BCUT2D eigenvalue weighted by Crippen LogP contribution is -2.44. The maximum absolute atomic E-state index is 10.9. The predicted molar refractivity (Wildman–Crippen MR) is 119 cm³/mol. The summed E-state index contributed by atoms with van der Waals surface area (Å²) in [5, 5.41) is 16.2. The largest absolute Gasteiger partial charge is 0.477 e. The molecule has 0 bridgehead atoms. The summed E-state index contributed by atoms with van der Waals surface area (Å²) in [5.74, 6) is 0.466. The summed E-state index contributed by atoms with van der Waals surface area (Å²) in [7, 11) is 0. The molecule has 0 amide bonds. The molecule has 5 nitrogen and oxygen atoms in total. The molecule has 4 rings (SSSR count). The first-order chi connectivity index (χ1) is 14.6. The molecule has 0 radical (unpaired) electrons. The van der Waals surface area contributed by atoms with Crippen LogP contribution in [0.25, 0.3) is 6.08 Å². The summed E-state index contributed by atoms with van der Waals surface area (Å²) in [5.41, 5.74) is 3.99. The topological polar surface area (TPSA) is 74.2 Å². The predicted octanol–water partition coefficient (Wildman–Crippen LogP) is 4.12. The van der Waals surface area contributed by atoms with Crippen molar-refractivity contribution < 1.29 is 9.90 Å². The van der Waals surface area contributed by atoms with Crippen molar-refractivity contribution in [3.05, 3.63) is 71.1 Å². The van der Waals surface area contributed by atoms with Crippen LogP contribution in [0.2, 0.25) is 0 Å². The molecule has 0 aliphatic heterocycles. The zero-order valence-corrected chi connectivity index (χ0v) is 17.6. The van der Waals surface area contributed by atoms with Crippen molar-refractivity contribution in [1.82, 2.24) is 15.6 Å². The lowest BCUT2D eigenvalue weighted by atomic mass is 9.80. The number of carboxylic acids is 1. The minimum Gasteiger partial charge on any atom is -0.477 e. The van der Waals surface area contributed by atoms with E-state index in [9.17, 15) is 4.79 Å². The summed E-state index contributed by atoms with van der Waals surface area (Å²) < 4.78 is 0. The molecule has 30 heavy (non-hydrogen) atoms. The van der Waals surface area contributed by atoms with Gasteiger partial charge in [0.15, 0.2) is 0 Å². The Morgan fingerprint density at radius 2 is 1.93 bits per heavy atom. The average molecular weight is 406 g/mol. The Hall–Kier alpha value is -2.50. The molecule has 1 aromatic heterocycles. The molecule has 1 aromatic carbocycles. The minimum atomic E-state index is -0.983. The van der Waals surface area contributed by atoms with Gasteiger partial charge in [-0.05, 0) is 61.3 Å². The van der Waals surface area contributed by atoms with Gasteiger partial charge in [0.1, 0.15) is 5.69 Å². The minimum absolute atomic E-state index is 0.0942. The van der Waals surface area contributed by atoms with Gasteiger partial charge in [0, 0.05) is 24.8 Å². The number of aromatic carboxylic acids is 1. The van der Waals surface area contributed by atoms with Gasteiger partial charge in [0.05, 0.1) is 0 Å². The first-order valence-electron chi connectivity index (χ1n) is 11.0. The van der Waals surface area contributed by atoms with Gasteiger partial charge in [-0.2, -0.15) is 0 Å². The van der Waals surface area contributed by atoms with Gasteiger partial charge in [0.2, 0.25) is 0 Å².